The molecule has 2 rings (SSSR count). The van der Waals surface area contributed by atoms with E-state index >= 15 is 0 Å². The monoisotopic (exact) mass is 268 g/mol. The van der Waals surface area contributed by atoms with Crippen molar-refractivity contribution in [3.63, 3.8) is 0 Å². The van der Waals surface area contributed by atoms with Crippen molar-refractivity contribution in [2.45, 2.75) is 19.8 Å². The van der Waals surface area contributed by atoms with Crippen molar-refractivity contribution < 1.29 is 17.9 Å². The van der Waals surface area contributed by atoms with Crippen molar-refractivity contribution in [1.82, 2.24) is 0 Å². The van der Waals surface area contributed by atoms with Crippen molar-refractivity contribution in [3.8, 4) is 5.75 Å². The molecule has 1 aliphatic heterocycles. The van der Waals surface area contributed by atoms with Crippen molar-refractivity contribution in [2.75, 3.05) is 11.5 Å². The quantitative estimate of drug-likeness (QED) is 0.618. The predicted octanol–water partition coefficient (Wildman–Crippen LogP) is 1.73. The average Bonchev–Trinajstić information content (AvgIpc) is 2.57. The second-order valence-corrected chi connectivity index (χ2v) is 6.99. The van der Waals surface area contributed by atoms with E-state index in [1.54, 1.807) is 12.1 Å². The van der Waals surface area contributed by atoms with Crippen molar-refractivity contribution in [2.24, 2.45) is 5.92 Å². The third-order valence-electron chi connectivity index (χ3n) is 3.00. The van der Waals surface area contributed by atoms with Gasteiger partial charge >= 0.3 is 5.97 Å². The highest BCUT2D eigenvalue weighted by Crippen LogP contribution is 2.22. The number of esters is 1. The maximum Gasteiger partial charge on any atom is 0.311 e. The Morgan fingerprint density at radius 3 is 2.83 bits per heavy atom. The summed E-state index contributed by atoms with van der Waals surface area (Å²) < 4.78 is 27.7. The van der Waals surface area contributed by atoms with E-state index in [1.165, 1.54) is 0 Å². The minimum atomic E-state index is -2.93. The van der Waals surface area contributed by atoms with E-state index in [2.05, 4.69) is 0 Å². The van der Waals surface area contributed by atoms with Crippen molar-refractivity contribution in [3.05, 3.63) is 29.8 Å². The van der Waals surface area contributed by atoms with Gasteiger partial charge in [-0.2, -0.15) is 0 Å². The van der Waals surface area contributed by atoms with Crippen LogP contribution in [0.5, 0.6) is 5.75 Å². The van der Waals surface area contributed by atoms with Gasteiger partial charge in [0.2, 0.25) is 0 Å². The second-order valence-electron chi connectivity index (χ2n) is 4.76. The molecule has 1 aliphatic rings. The van der Waals surface area contributed by atoms with Gasteiger partial charge in [-0.25, -0.2) is 8.42 Å². The van der Waals surface area contributed by atoms with E-state index in [0.717, 1.165) is 5.56 Å². The molecule has 0 aromatic heterocycles. The Morgan fingerprint density at radius 1 is 1.44 bits per heavy atom. The summed E-state index contributed by atoms with van der Waals surface area (Å²) in [5.41, 5.74) is 1.02. The SMILES string of the molecule is Cc1cccc(OC(=O)C[C@@H]2CCS(=O)(=O)C2)c1. The number of ether oxygens (including phenoxy) is 1. The molecular formula is C13H16O4S. The third kappa shape index (κ3) is 3.57. The molecule has 1 heterocycles. The van der Waals surface area contributed by atoms with Crippen LogP contribution in [-0.4, -0.2) is 25.9 Å². The number of carbonyl (C=O) groups excluding carboxylic acids is 1. The number of hydrogen-bond acceptors (Lipinski definition) is 4. The molecule has 0 aliphatic carbocycles. The Morgan fingerprint density at radius 2 is 2.22 bits per heavy atom. The summed E-state index contributed by atoms with van der Waals surface area (Å²) in [6, 6.07) is 7.23. The van der Waals surface area contributed by atoms with Crippen LogP contribution >= 0.6 is 0 Å². The Bertz CT molecular complexity index is 548. The van der Waals surface area contributed by atoms with Crippen LogP contribution in [0, 0.1) is 12.8 Å². The van der Waals surface area contributed by atoms with Crippen LogP contribution in [0.15, 0.2) is 24.3 Å². The molecule has 0 N–H and O–H groups in total. The first kappa shape index (κ1) is 13.1. The lowest BCUT2D eigenvalue weighted by atomic mass is 10.1. The molecule has 0 radical (unpaired) electrons. The number of benzene rings is 1. The first-order valence-corrected chi connectivity index (χ1v) is 7.74. The van der Waals surface area contributed by atoms with Gasteiger partial charge in [0, 0.05) is 6.42 Å². The van der Waals surface area contributed by atoms with Gasteiger partial charge in [0.25, 0.3) is 0 Å². The third-order valence-corrected chi connectivity index (χ3v) is 4.84. The molecule has 1 fully saturated rings. The highest BCUT2D eigenvalue weighted by molar-refractivity contribution is 7.91. The zero-order chi connectivity index (χ0) is 13.2. The normalized spacial score (nSPS) is 21.7. The standard InChI is InChI=1S/C13H16O4S/c1-10-3-2-4-12(7-10)17-13(14)8-11-5-6-18(15,16)9-11/h2-4,7,11H,5-6,8-9H2,1H3/t11-/m0/s1. The van der Waals surface area contributed by atoms with Gasteiger partial charge in [-0.1, -0.05) is 12.1 Å². The fraction of sp³-hybridized carbons (Fsp3) is 0.462. The van der Waals surface area contributed by atoms with Crippen LogP contribution < -0.4 is 4.74 Å². The Labute approximate surface area is 107 Å². The minimum absolute atomic E-state index is 0.0905. The van der Waals surface area contributed by atoms with Crippen molar-refractivity contribution in [1.29, 1.82) is 0 Å². The molecule has 0 spiro atoms. The number of aryl methyl sites for hydroxylation is 1. The van der Waals surface area contributed by atoms with E-state index in [4.69, 9.17) is 4.74 Å². The topological polar surface area (TPSA) is 60.4 Å². The first-order chi connectivity index (χ1) is 8.44. The summed E-state index contributed by atoms with van der Waals surface area (Å²) in [5, 5.41) is 0. The highest BCUT2D eigenvalue weighted by atomic mass is 32.2. The summed E-state index contributed by atoms with van der Waals surface area (Å²) in [7, 11) is -2.93. The maximum atomic E-state index is 11.7. The molecule has 0 unspecified atom stereocenters. The van der Waals surface area contributed by atoms with Gasteiger partial charge in [0.15, 0.2) is 9.84 Å². The summed E-state index contributed by atoms with van der Waals surface area (Å²) in [5.74, 6) is 0.363. The van der Waals surface area contributed by atoms with Gasteiger partial charge < -0.3 is 4.74 Å². The van der Waals surface area contributed by atoms with Crippen LogP contribution in [0.1, 0.15) is 18.4 Å². The lowest BCUT2D eigenvalue weighted by Gasteiger charge is -2.08. The average molecular weight is 268 g/mol. The molecule has 4 nitrogen and oxygen atoms in total. The molecule has 0 bridgehead atoms. The highest BCUT2D eigenvalue weighted by Gasteiger charge is 2.29. The molecule has 1 atom stereocenters. The van der Waals surface area contributed by atoms with Gasteiger partial charge in [0.1, 0.15) is 5.75 Å². The zero-order valence-electron chi connectivity index (χ0n) is 10.3. The van der Waals surface area contributed by atoms with Crippen LogP contribution in [0.3, 0.4) is 0 Å². The van der Waals surface area contributed by atoms with Gasteiger partial charge in [-0.05, 0) is 37.0 Å². The van der Waals surface area contributed by atoms with Gasteiger partial charge in [-0.15, -0.1) is 0 Å². The van der Waals surface area contributed by atoms with Crippen LogP contribution in [0.2, 0.25) is 0 Å². The summed E-state index contributed by atoms with van der Waals surface area (Å²) in [6.07, 6.45) is 0.735. The number of sulfone groups is 1. The first-order valence-electron chi connectivity index (χ1n) is 5.92. The van der Waals surface area contributed by atoms with Crippen LogP contribution in [0.25, 0.3) is 0 Å². The maximum absolute atomic E-state index is 11.7. The molecule has 1 saturated heterocycles. The fourth-order valence-corrected chi connectivity index (χ4v) is 3.98. The number of carbonyl (C=O) groups is 1. The smallest absolute Gasteiger partial charge is 0.311 e. The molecule has 0 saturated carbocycles. The number of rotatable bonds is 3. The Balaban J connectivity index is 1.90. The molecule has 0 amide bonds. The van der Waals surface area contributed by atoms with E-state index in [0.29, 0.717) is 12.2 Å². The van der Waals surface area contributed by atoms with E-state index in [-0.39, 0.29) is 29.8 Å². The summed E-state index contributed by atoms with van der Waals surface area (Å²) in [4.78, 5) is 11.7. The van der Waals surface area contributed by atoms with Crippen LogP contribution in [-0.2, 0) is 14.6 Å². The van der Waals surface area contributed by atoms with Gasteiger partial charge in [0.05, 0.1) is 11.5 Å². The largest absolute Gasteiger partial charge is 0.427 e. The molecular weight excluding hydrogens is 252 g/mol. The molecule has 1 aromatic carbocycles. The molecule has 1 aromatic rings. The number of hydrogen-bond donors (Lipinski definition) is 0. The lowest BCUT2D eigenvalue weighted by Crippen LogP contribution is -2.15. The van der Waals surface area contributed by atoms with E-state index < -0.39 is 9.84 Å². The fourth-order valence-electron chi connectivity index (χ4n) is 2.12. The summed E-state index contributed by atoms with van der Waals surface area (Å²) in [6.45, 7) is 1.92. The van der Waals surface area contributed by atoms with Gasteiger partial charge in [-0.3, -0.25) is 4.79 Å². The van der Waals surface area contributed by atoms with Crippen LogP contribution in [0.4, 0.5) is 0 Å². The minimum Gasteiger partial charge on any atom is -0.427 e. The molecule has 98 valence electrons. The van der Waals surface area contributed by atoms with E-state index in [1.807, 2.05) is 19.1 Å². The predicted molar refractivity (Wildman–Crippen MR) is 68.2 cm³/mol. The second kappa shape index (κ2) is 5.10. The Kier molecular flexibility index (Phi) is 3.71. The molecule has 18 heavy (non-hydrogen) atoms. The zero-order valence-corrected chi connectivity index (χ0v) is 11.1. The van der Waals surface area contributed by atoms with E-state index in [9.17, 15) is 13.2 Å². The molecule has 5 heteroatoms. The van der Waals surface area contributed by atoms with Crippen molar-refractivity contribution >= 4 is 15.8 Å². The summed E-state index contributed by atoms with van der Waals surface area (Å²) >= 11 is 0. The lowest BCUT2D eigenvalue weighted by molar-refractivity contribution is -0.135. The Hall–Kier alpha value is -1.36.